The molecule has 1 N–H and O–H groups in total. The second-order valence-corrected chi connectivity index (χ2v) is 8.58. The molecule has 3 aromatic rings. The maximum absolute atomic E-state index is 14.8. The zero-order valence-electron chi connectivity index (χ0n) is 19.5. The van der Waals surface area contributed by atoms with Gasteiger partial charge in [-0.2, -0.15) is 0 Å². The van der Waals surface area contributed by atoms with Crippen molar-refractivity contribution in [1.82, 2.24) is 4.90 Å². The van der Waals surface area contributed by atoms with Crippen molar-refractivity contribution in [3.63, 3.8) is 0 Å². The highest BCUT2D eigenvalue weighted by Crippen LogP contribution is 2.38. The molecule has 7 heteroatoms. The standard InChI is InChI=1S/C28H27F2NO4/c1-2-35-26-11-5-19(16-28(33)34)15-23(26)21-9-10-25(30)22-13-14-31(17-24(21)22)27(32)12-6-18-3-7-20(29)8-4-18/h3-5,7-11,15H,2,6,12-14,16-17H2,1H3,(H,33,34). The molecule has 0 radical (unpaired) electrons. The number of carboxylic acid groups (broad SMARTS) is 1. The van der Waals surface area contributed by atoms with Crippen molar-refractivity contribution in [3.8, 4) is 16.9 Å². The maximum atomic E-state index is 14.8. The van der Waals surface area contributed by atoms with E-state index < -0.39 is 5.97 Å². The Morgan fingerprint density at radius 2 is 1.71 bits per heavy atom. The Balaban J connectivity index is 1.63. The van der Waals surface area contributed by atoms with E-state index in [1.54, 1.807) is 41.3 Å². The summed E-state index contributed by atoms with van der Waals surface area (Å²) in [7, 11) is 0. The van der Waals surface area contributed by atoms with Crippen LogP contribution in [0.2, 0.25) is 0 Å². The van der Waals surface area contributed by atoms with Crippen LogP contribution in [-0.2, 0) is 35.4 Å². The number of aliphatic carboxylic acids is 1. The molecule has 0 bridgehead atoms. The zero-order chi connectivity index (χ0) is 24.9. The lowest BCUT2D eigenvalue weighted by Gasteiger charge is -2.31. The van der Waals surface area contributed by atoms with Crippen molar-refractivity contribution in [3.05, 3.63) is 88.5 Å². The fourth-order valence-corrected chi connectivity index (χ4v) is 4.51. The molecule has 4 rings (SSSR count). The van der Waals surface area contributed by atoms with Crippen molar-refractivity contribution in [2.75, 3.05) is 13.2 Å². The molecule has 0 spiro atoms. The number of fused-ring (bicyclic) bond motifs is 1. The topological polar surface area (TPSA) is 66.8 Å². The normalized spacial score (nSPS) is 12.8. The highest BCUT2D eigenvalue weighted by Gasteiger charge is 2.26. The molecular formula is C28H27F2NO4. The predicted octanol–water partition coefficient (Wildman–Crippen LogP) is 5.18. The Labute approximate surface area is 203 Å². The van der Waals surface area contributed by atoms with Gasteiger partial charge in [-0.05, 0) is 77.9 Å². The van der Waals surface area contributed by atoms with Gasteiger partial charge < -0.3 is 14.7 Å². The van der Waals surface area contributed by atoms with E-state index in [4.69, 9.17) is 4.74 Å². The highest BCUT2D eigenvalue weighted by atomic mass is 19.1. The molecule has 3 aromatic carbocycles. The van der Waals surface area contributed by atoms with E-state index in [2.05, 4.69) is 0 Å². The fourth-order valence-electron chi connectivity index (χ4n) is 4.51. The lowest BCUT2D eigenvalue weighted by atomic mass is 9.89. The van der Waals surface area contributed by atoms with Crippen LogP contribution in [0.3, 0.4) is 0 Å². The zero-order valence-corrected chi connectivity index (χ0v) is 19.5. The van der Waals surface area contributed by atoms with Gasteiger partial charge in [-0.15, -0.1) is 0 Å². The quantitative estimate of drug-likeness (QED) is 0.484. The number of aryl methyl sites for hydroxylation is 1. The second-order valence-electron chi connectivity index (χ2n) is 8.58. The van der Waals surface area contributed by atoms with Crippen molar-refractivity contribution >= 4 is 11.9 Å². The summed E-state index contributed by atoms with van der Waals surface area (Å²) in [5.74, 6) is -1.06. The average Bonchev–Trinajstić information content (AvgIpc) is 2.84. The highest BCUT2D eigenvalue weighted by molar-refractivity contribution is 5.80. The Morgan fingerprint density at radius 3 is 2.43 bits per heavy atom. The summed E-state index contributed by atoms with van der Waals surface area (Å²) in [6.07, 6.45) is 1.00. The third-order valence-electron chi connectivity index (χ3n) is 6.24. The van der Waals surface area contributed by atoms with E-state index >= 15 is 0 Å². The third-order valence-corrected chi connectivity index (χ3v) is 6.24. The molecule has 1 heterocycles. The van der Waals surface area contributed by atoms with Crippen LogP contribution < -0.4 is 4.74 Å². The number of nitrogens with zero attached hydrogens (tertiary/aromatic N) is 1. The van der Waals surface area contributed by atoms with Crippen molar-refractivity contribution in [2.45, 2.75) is 39.2 Å². The first-order valence-electron chi connectivity index (χ1n) is 11.7. The Kier molecular flexibility index (Phi) is 7.44. The Morgan fingerprint density at radius 1 is 0.971 bits per heavy atom. The molecule has 5 nitrogen and oxygen atoms in total. The van der Waals surface area contributed by atoms with Crippen LogP contribution in [0.1, 0.15) is 35.6 Å². The molecule has 1 amide bonds. The van der Waals surface area contributed by atoms with Crippen LogP contribution in [0.15, 0.2) is 54.6 Å². The van der Waals surface area contributed by atoms with Gasteiger partial charge in [0.05, 0.1) is 13.0 Å². The number of halogens is 2. The summed E-state index contributed by atoms with van der Waals surface area (Å²) >= 11 is 0. The van der Waals surface area contributed by atoms with E-state index in [0.29, 0.717) is 54.0 Å². The SMILES string of the molecule is CCOc1ccc(CC(=O)O)cc1-c1ccc(F)c2c1CN(C(=O)CCc1ccc(F)cc1)CC2. The van der Waals surface area contributed by atoms with Gasteiger partial charge in [0.2, 0.25) is 5.91 Å². The molecule has 35 heavy (non-hydrogen) atoms. The molecule has 0 aromatic heterocycles. The van der Waals surface area contributed by atoms with E-state index in [1.807, 2.05) is 6.92 Å². The minimum atomic E-state index is -0.945. The Bertz CT molecular complexity index is 1240. The molecule has 0 saturated carbocycles. The van der Waals surface area contributed by atoms with Crippen molar-refractivity contribution in [2.24, 2.45) is 0 Å². The van der Waals surface area contributed by atoms with Crippen LogP contribution in [0.25, 0.3) is 11.1 Å². The van der Waals surface area contributed by atoms with E-state index in [-0.39, 0.29) is 36.9 Å². The minimum Gasteiger partial charge on any atom is -0.493 e. The molecule has 182 valence electrons. The van der Waals surface area contributed by atoms with Crippen LogP contribution in [-0.4, -0.2) is 35.0 Å². The van der Waals surface area contributed by atoms with Crippen molar-refractivity contribution in [1.29, 1.82) is 0 Å². The van der Waals surface area contributed by atoms with Gasteiger partial charge in [0.1, 0.15) is 17.4 Å². The predicted molar refractivity (Wildman–Crippen MR) is 128 cm³/mol. The molecular weight excluding hydrogens is 452 g/mol. The summed E-state index contributed by atoms with van der Waals surface area (Å²) in [6.45, 7) is 2.94. The third kappa shape index (κ3) is 5.67. The molecule has 1 aliphatic heterocycles. The van der Waals surface area contributed by atoms with Gasteiger partial charge >= 0.3 is 5.97 Å². The van der Waals surface area contributed by atoms with Crippen LogP contribution in [0, 0.1) is 11.6 Å². The molecule has 1 aliphatic rings. The van der Waals surface area contributed by atoms with Crippen LogP contribution >= 0.6 is 0 Å². The number of amides is 1. The van der Waals surface area contributed by atoms with Gasteiger partial charge in [0.15, 0.2) is 0 Å². The summed E-state index contributed by atoms with van der Waals surface area (Å²) in [5.41, 5.74) is 4.17. The summed E-state index contributed by atoms with van der Waals surface area (Å²) < 4.78 is 33.7. The maximum Gasteiger partial charge on any atom is 0.307 e. The molecule has 0 unspecified atom stereocenters. The smallest absolute Gasteiger partial charge is 0.307 e. The number of carboxylic acids is 1. The van der Waals surface area contributed by atoms with Gasteiger partial charge in [0, 0.05) is 25.1 Å². The Hall–Kier alpha value is -3.74. The number of carbonyl (C=O) groups is 2. The lowest BCUT2D eigenvalue weighted by Crippen LogP contribution is -2.36. The molecule has 0 saturated heterocycles. The summed E-state index contributed by atoms with van der Waals surface area (Å²) in [5, 5.41) is 9.23. The second kappa shape index (κ2) is 10.7. The minimum absolute atomic E-state index is 0.0557. The van der Waals surface area contributed by atoms with E-state index in [1.165, 1.54) is 18.2 Å². The van der Waals surface area contributed by atoms with Gasteiger partial charge in [-0.3, -0.25) is 9.59 Å². The molecule has 0 atom stereocenters. The van der Waals surface area contributed by atoms with Crippen LogP contribution in [0.4, 0.5) is 8.78 Å². The number of hydrogen-bond acceptors (Lipinski definition) is 3. The summed E-state index contributed by atoms with van der Waals surface area (Å²) in [4.78, 5) is 26.0. The average molecular weight is 480 g/mol. The largest absolute Gasteiger partial charge is 0.493 e. The number of ether oxygens (including phenoxy) is 1. The fraction of sp³-hybridized carbons (Fsp3) is 0.286. The van der Waals surface area contributed by atoms with E-state index in [9.17, 15) is 23.5 Å². The first-order chi connectivity index (χ1) is 16.9. The molecule has 0 aliphatic carbocycles. The first-order valence-corrected chi connectivity index (χ1v) is 11.7. The van der Waals surface area contributed by atoms with Crippen molar-refractivity contribution < 1.29 is 28.2 Å². The van der Waals surface area contributed by atoms with E-state index in [0.717, 1.165) is 11.1 Å². The first kappa shape index (κ1) is 24.4. The number of rotatable bonds is 8. The number of carbonyl (C=O) groups excluding carboxylic acids is 1. The van der Waals surface area contributed by atoms with Gasteiger partial charge in [-0.1, -0.05) is 24.3 Å². The molecule has 0 fully saturated rings. The lowest BCUT2D eigenvalue weighted by molar-refractivity contribution is -0.136. The number of hydrogen-bond donors (Lipinski definition) is 1. The van der Waals surface area contributed by atoms with Crippen LogP contribution in [0.5, 0.6) is 5.75 Å². The summed E-state index contributed by atoms with van der Waals surface area (Å²) in [6, 6.07) is 14.4. The monoisotopic (exact) mass is 479 g/mol. The van der Waals surface area contributed by atoms with Gasteiger partial charge in [0.25, 0.3) is 0 Å². The van der Waals surface area contributed by atoms with Gasteiger partial charge in [-0.25, -0.2) is 8.78 Å². The number of benzene rings is 3.